The molecule has 0 aromatic carbocycles. The molecule has 1 N–H and O–H groups in total. The molecule has 4 heteroatoms. The van der Waals surface area contributed by atoms with E-state index in [-0.39, 0.29) is 0 Å². The molecule has 4 nitrogen and oxygen atoms in total. The van der Waals surface area contributed by atoms with E-state index in [4.69, 9.17) is 4.98 Å². The quantitative estimate of drug-likeness (QED) is 0.899. The average Bonchev–Trinajstić information content (AvgIpc) is 3.09. The largest absolute Gasteiger partial charge is 0.352 e. The molecule has 0 amide bonds. The fraction of sp³-hybridized carbons (Fsp3) is 0.824. The minimum Gasteiger partial charge on any atom is -0.352 e. The standard InChI is InChI=1S/C17H30N4/c1-14(12-20-10-6-7-11-20)18-17-19-15(2)13-21(17)16-8-4-3-5-9-16/h13-14,16H,3-12H2,1-2H3,(H,18,19). The summed E-state index contributed by atoms with van der Waals surface area (Å²) in [5.41, 5.74) is 1.14. The van der Waals surface area contributed by atoms with Crippen molar-refractivity contribution in [1.82, 2.24) is 14.5 Å². The summed E-state index contributed by atoms with van der Waals surface area (Å²) >= 11 is 0. The summed E-state index contributed by atoms with van der Waals surface area (Å²) in [4.78, 5) is 7.30. The van der Waals surface area contributed by atoms with Crippen molar-refractivity contribution in [3.8, 4) is 0 Å². The molecule has 1 saturated heterocycles. The van der Waals surface area contributed by atoms with Crippen LogP contribution in [-0.4, -0.2) is 40.1 Å². The van der Waals surface area contributed by atoms with E-state index in [2.05, 4.69) is 34.8 Å². The van der Waals surface area contributed by atoms with E-state index in [0.717, 1.165) is 18.2 Å². The van der Waals surface area contributed by atoms with Crippen LogP contribution in [0, 0.1) is 6.92 Å². The van der Waals surface area contributed by atoms with E-state index < -0.39 is 0 Å². The van der Waals surface area contributed by atoms with E-state index in [1.54, 1.807) is 0 Å². The Kier molecular flexibility index (Phi) is 4.84. The lowest BCUT2D eigenvalue weighted by Crippen LogP contribution is -2.34. The lowest BCUT2D eigenvalue weighted by Gasteiger charge is -2.27. The third-order valence-electron chi connectivity index (χ3n) is 4.93. The predicted octanol–water partition coefficient (Wildman–Crippen LogP) is 3.59. The van der Waals surface area contributed by atoms with Crippen LogP contribution in [0.15, 0.2) is 6.20 Å². The molecule has 0 bridgehead atoms. The Bertz CT molecular complexity index is 442. The van der Waals surface area contributed by atoms with Crippen molar-refractivity contribution in [3.63, 3.8) is 0 Å². The lowest BCUT2D eigenvalue weighted by molar-refractivity contribution is 0.324. The van der Waals surface area contributed by atoms with Crippen molar-refractivity contribution in [2.45, 2.75) is 70.9 Å². The van der Waals surface area contributed by atoms with Gasteiger partial charge in [-0.2, -0.15) is 0 Å². The fourth-order valence-corrected chi connectivity index (χ4v) is 3.88. The molecule has 118 valence electrons. The van der Waals surface area contributed by atoms with Gasteiger partial charge in [-0.3, -0.25) is 0 Å². The van der Waals surface area contributed by atoms with Gasteiger partial charge in [0.2, 0.25) is 5.95 Å². The lowest BCUT2D eigenvalue weighted by atomic mass is 9.95. The van der Waals surface area contributed by atoms with Gasteiger partial charge in [-0.15, -0.1) is 0 Å². The molecule has 0 spiro atoms. The van der Waals surface area contributed by atoms with Crippen LogP contribution < -0.4 is 5.32 Å². The number of likely N-dealkylation sites (tertiary alicyclic amines) is 1. The summed E-state index contributed by atoms with van der Waals surface area (Å²) in [7, 11) is 0. The van der Waals surface area contributed by atoms with E-state index in [1.807, 2.05) is 0 Å². The highest BCUT2D eigenvalue weighted by Crippen LogP contribution is 2.31. The van der Waals surface area contributed by atoms with Gasteiger partial charge in [-0.05, 0) is 52.6 Å². The maximum absolute atomic E-state index is 4.73. The number of aryl methyl sites for hydroxylation is 1. The SMILES string of the molecule is Cc1cn(C2CCCCC2)c(NC(C)CN2CCCC2)n1. The second kappa shape index (κ2) is 6.82. The smallest absolute Gasteiger partial charge is 0.203 e. The highest BCUT2D eigenvalue weighted by molar-refractivity contribution is 5.31. The molecular weight excluding hydrogens is 260 g/mol. The first kappa shape index (κ1) is 14.9. The molecule has 2 aliphatic rings. The molecule has 21 heavy (non-hydrogen) atoms. The number of hydrogen-bond donors (Lipinski definition) is 1. The van der Waals surface area contributed by atoms with Crippen LogP contribution in [0.3, 0.4) is 0 Å². The molecule has 1 aromatic rings. The Morgan fingerprint density at radius 3 is 2.62 bits per heavy atom. The zero-order valence-electron chi connectivity index (χ0n) is 13.6. The molecule has 0 radical (unpaired) electrons. The normalized spacial score (nSPS) is 22.6. The first-order valence-corrected chi connectivity index (χ1v) is 8.77. The number of rotatable bonds is 5. The molecule has 3 rings (SSSR count). The number of aromatic nitrogens is 2. The monoisotopic (exact) mass is 290 g/mol. The highest BCUT2D eigenvalue weighted by Gasteiger charge is 2.21. The molecule has 2 fully saturated rings. The van der Waals surface area contributed by atoms with Gasteiger partial charge in [0.05, 0.1) is 5.69 Å². The number of anilines is 1. The maximum Gasteiger partial charge on any atom is 0.203 e. The molecule has 1 unspecified atom stereocenters. The molecule has 1 aliphatic heterocycles. The molecule has 1 atom stereocenters. The van der Waals surface area contributed by atoms with Crippen molar-refractivity contribution < 1.29 is 0 Å². The van der Waals surface area contributed by atoms with Gasteiger partial charge in [0, 0.05) is 24.8 Å². The molecule has 1 aliphatic carbocycles. The van der Waals surface area contributed by atoms with Crippen LogP contribution in [0.25, 0.3) is 0 Å². The Morgan fingerprint density at radius 1 is 1.19 bits per heavy atom. The Morgan fingerprint density at radius 2 is 1.90 bits per heavy atom. The van der Waals surface area contributed by atoms with Crippen molar-refractivity contribution >= 4 is 5.95 Å². The van der Waals surface area contributed by atoms with Crippen LogP contribution >= 0.6 is 0 Å². The van der Waals surface area contributed by atoms with Crippen molar-refractivity contribution in [2.24, 2.45) is 0 Å². The van der Waals surface area contributed by atoms with Crippen LogP contribution in [0.5, 0.6) is 0 Å². The Hall–Kier alpha value is -1.03. The summed E-state index contributed by atoms with van der Waals surface area (Å²) in [6.45, 7) is 8.06. The van der Waals surface area contributed by atoms with E-state index in [0.29, 0.717) is 12.1 Å². The van der Waals surface area contributed by atoms with Gasteiger partial charge in [0.25, 0.3) is 0 Å². The Labute approximate surface area is 128 Å². The van der Waals surface area contributed by atoms with Crippen molar-refractivity contribution in [2.75, 3.05) is 25.0 Å². The van der Waals surface area contributed by atoms with Gasteiger partial charge in [0.1, 0.15) is 0 Å². The second-order valence-corrected chi connectivity index (χ2v) is 6.96. The summed E-state index contributed by atoms with van der Waals surface area (Å²) < 4.78 is 2.41. The summed E-state index contributed by atoms with van der Waals surface area (Å²) in [5, 5.41) is 3.67. The third kappa shape index (κ3) is 3.79. The molecular formula is C17H30N4. The van der Waals surface area contributed by atoms with E-state index in [1.165, 1.54) is 58.0 Å². The van der Waals surface area contributed by atoms with Gasteiger partial charge in [0.15, 0.2) is 0 Å². The second-order valence-electron chi connectivity index (χ2n) is 6.96. The van der Waals surface area contributed by atoms with Crippen molar-refractivity contribution in [3.05, 3.63) is 11.9 Å². The van der Waals surface area contributed by atoms with Gasteiger partial charge >= 0.3 is 0 Å². The number of imidazole rings is 1. The average molecular weight is 290 g/mol. The minimum absolute atomic E-state index is 0.465. The number of nitrogens with zero attached hydrogens (tertiary/aromatic N) is 3. The summed E-state index contributed by atoms with van der Waals surface area (Å²) in [6.07, 6.45) is 11.7. The van der Waals surface area contributed by atoms with Crippen molar-refractivity contribution in [1.29, 1.82) is 0 Å². The van der Waals surface area contributed by atoms with Crippen LogP contribution in [-0.2, 0) is 0 Å². The number of nitrogens with one attached hydrogen (secondary N) is 1. The number of hydrogen-bond acceptors (Lipinski definition) is 3. The van der Waals surface area contributed by atoms with Crippen LogP contribution in [0.1, 0.15) is 63.6 Å². The molecule has 1 saturated carbocycles. The summed E-state index contributed by atoms with van der Waals surface area (Å²) in [6, 6.07) is 1.12. The zero-order valence-corrected chi connectivity index (χ0v) is 13.6. The van der Waals surface area contributed by atoms with Crippen LogP contribution in [0.4, 0.5) is 5.95 Å². The molecule has 1 aromatic heterocycles. The zero-order chi connectivity index (χ0) is 14.7. The molecule has 2 heterocycles. The predicted molar refractivity (Wildman–Crippen MR) is 87.8 cm³/mol. The Balaban J connectivity index is 1.63. The van der Waals surface area contributed by atoms with E-state index >= 15 is 0 Å². The first-order valence-electron chi connectivity index (χ1n) is 8.77. The van der Waals surface area contributed by atoms with Gasteiger partial charge in [-0.25, -0.2) is 4.98 Å². The summed E-state index contributed by atoms with van der Waals surface area (Å²) in [5.74, 6) is 1.09. The van der Waals surface area contributed by atoms with Crippen LogP contribution in [0.2, 0.25) is 0 Å². The first-order chi connectivity index (χ1) is 10.2. The third-order valence-corrected chi connectivity index (χ3v) is 4.93. The highest BCUT2D eigenvalue weighted by atomic mass is 15.2. The fourth-order valence-electron chi connectivity index (χ4n) is 3.88. The minimum atomic E-state index is 0.465. The van der Waals surface area contributed by atoms with Gasteiger partial charge < -0.3 is 14.8 Å². The van der Waals surface area contributed by atoms with Gasteiger partial charge in [-0.1, -0.05) is 19.3 Å². The maximum atomic E-state index is 4.73. The topological polar surface area (TPSA) is 33.1 Å². The van der Waals surface area contributed by atoms with E-state index in [9.17, 15) is 0 Å².